The van der Waals surface area contributed by atoms with E-state index in [1.54, 1.807) is 24.3 Å². The molecule has 0 spiro atoms. The minimum Gasteiger partial charge on any atom is -0.350 e. The molecular formula is C20H22N2O3. The highest BCUT2D eigenvalue weighted by molar-refractivity contribution is 6.00. The van der Waals surface area contributed by atoms with Crippen molar-refractivity contribution in [3.8, 4) is 0 Å². The van der Waals surface area contributed by atoms with E-state index in [1.165, 1.54) is 18.7 Å². The second-order valence-corrected chi connectivity index (χ2v) is 5.97. The summed E-state index contributed by atoms with van der Waals surface area (Å²) < 4.78 is 0. The van der Waals surface area contributed by atoms with Crippen LogP contribution in [0.5, 0.6) is 0 Å². The molecule has 0 saturated carbocycles. The van der Waals surface area contributed by atoms with Crippen LogP contribution in [0.2, 0.25) is 0 Å². The number of hydrogen-bond donors (Lipinski definition) is 1. The molecule has 0 aromatic heterocycles. The summed E-state index contributed by atoms with van der Waals surface area (Å²) in [5.74, 6) is -0.607. The first-order valence-electron chi connectivity index (χ1n) is 8.08. The van der Waals surface area contributed by atoms with E-state index >= 15 is 0 Å². The van der Waals surface area contributed by atoms with Crippen molar-refractivity contribution in [2.24, 2.45) is 0 Å². The Hall–Kier alpha value is -2.95. The summed E-state index contributed by atoms with van der Waals surface area (Å²) in [5.41, 5.74) is 3.18. The number of benzene rings is 2. The molecule has 1 N–H and O–H groups in total. The topological polar surface area (TPSA) is 66.5 Å². The molecule has 2 aromatic rings. The second-order valence-electron chi connectivity index (χ2n) is 5.97. The number of amides is 2. The van der Waals surface area contributed by atoms with Crippen molar-refractivity contribution < 1.29 is 14.4 Å². The maximum Gasteiger partial charge on any atom is 0.240 e. The number of carbonyl (C=O) groups excluding carboxylic acids is 3. The van der Waals surface area contributed by atoms with Crippen LogP contribution >= 0.6 is 0 Å². The second kappa shape index (κ2) is 8.24. The fraction of sp³-hybridized carbons (Fsp3) is 0.250. The zero-order valence-corrected chi connectivity index (χ0v) is 14.7. The Kier molecular flexibility index (Phi) is 6.06. The molecule has 0 heterocycles. The van der Waals surface area contributed by atoms with Crippen LogP contribution in [-0.2, 0) is 16.1 Å². The van der Waals surface area contributed by atoms with E-state index in [9.17, 15) is 14.4 Å². The third kappa shape index (κ3) is 5.28. The number of Topliss-reactive ketones (excluding diaryl/α,β-unsaturated/α-hetero) is 1. The van der Waals surface area contributed by atoms with Gasteiger partial charge in [0.25, 0.3) is 0 Å². The van der Waals surface area contributed by atoms with Gasteiger partial charge in [-0.2, -0.15) is 0 Å². The van der Waals surface area contributed by atoms with Crippen LogP contribution in [0, 0.1) is 6.92 Å². The Labute approximate surface area is 147 Å². The van der Waals surface area contributed by atoms with Gasteiger partial charge < -0.3 is 10.2 Å². The average molecular weight is 338 g/mol. The van der Waals surface area contributed by atoms with Gasteiger partial charge in [-0.05, 0) is 31.5 Å². The van der Waals surface area contributed by atoms with E-state index in [0.717, 1.165) is 11.1 Å². The number of rotatable bonds is 6. The third-order valence-electron chi connectivity index (χ3n) is 3.86. The maximum absolute atomic E-state index is 12.2. The normalized spacial score (nSPS) is 10.2. The maximum atomic E-state index is 12.2. The zero-order valence-electron chi connectivity index (χ0n) is 14.7. The van der Waals surface area contributed by atoms with E-state index in [0.29, 0.717) is 17.8 Å². The van der Waals surface area contributed by atoms with Gasteiger partial charge in [0.1, 0.15) is 6.54 Å². The van der Waals surface area contributed by atoms with Gasteiger partial charge in [-0.15, -0.1) is 0 Å². The van der Waals surface area contributed by atoms with E-state index in [-0.39, 0.29) is 24.1 Å². The first-order valence-corrected chi connectivity index (χ1v) is 8.08. The number of ketones is 1. The summed E-state index contributed by atoms with van der Waals surface area (Å²) in [6.07, 6.45) is 0. The van der Waals surface area contributed by atoms with Gasteiger partial charge in [0.15, 0.2) is 5.78 Å². The number of nitrogens with zero attached hydrogens (tertiary/aromatic N) is 1. The summed E-state index contributed by atoms with van der Waals surface area (Å²) in [7, 11) is 0. The standard InChI is InChI=1S/C20H22N2O3/c1-14-7-9-17(10-8-14)12-21-20(25)13-22(16(3)24)19-6-4-5-18(11-19)15(2)23/h4-11H,12-13H2,1-3H3,(H,21,25). The molecule has 0 unspecified atom stereocenters. The molecule has 2 rings (SSSR count). The molecule has 0 saturated heterocycles. The summed E-state index contributed by atoms with van der Waals surface area (Å²) >= 11 is 0. The van der Waals surface area contributed by atoms with Gasteiger partial charge >= 0.3 is 0 Å². The van der Waals surface area contributed by atoms with Gasteiger partial charge in [-0.3, -0.25) is 14.4 Å². The minimum absolute atomic E-state index is 0.0887. The average Bonchev–Trinajstić information content (AvgIpc) is 2.59. The molecule has 25 heavy (non-hydrogen) atoms. The van der Waals surface area contributed by atoms with Crippen LogP contribution in [0.4, 0.5) is 5.69 Å². The molecule has 0 radical (unpaired) electrons. The summed E-state index contributed by atoms with van der Waals surface area (Å²) in [4.78, 5) is 37.0. The monoisotopic (exact) mass is 338 g/mol. The highest BCUT2D eigenvalue weighted by atomic mass is 16.2. The number of anilines is 1. The molecule has 0 atom stereocenters. The number of carbonyl (C=O) groups is 3. The molecule has 0 fully saturated rings. The lowest BCUT2D eigenvalue weighted by atomic mass is 10.1. The molecular weight excluding hydrogens is 316 g/mol. The van der Waals surface area contributed by atoms with Gasteiger partial charge in [0.2, 0.25) is 11.8 Å². The van der Waals surface area contributed by atoms with Crippen LogP contribution in [0.15, 0.2) is 48.5 Å². The van der Waals surface area contributed by atoms with Crippen LogP contribution in [0.1, 0.15) is 35.3 Å². The van der Waals surface area contributed by atoms with Crippen molar-refractivity contribution in [3.63, 3.8) is 0 Å². The van der Waals surface area contributed by atoms with E-state index in [2.05, 4.69) is 5.32 Å². The Morgan fingerprint density at radius 3 is 2.28 bits per heavy atom. The minimum atomic E-state index is -0.260. The van der Waals surface area contributed by atoms with Crippen molar-refractivity contribution in [1.82, 2.24) is 5.32 Å². The number of nitrogens with one attached hydrogen (secondary N) is 1. The first-order chi connectivity index (χ1) is 11.9. The molecule has 5 nitrogen and oxygen atoms in total. The molecule has 2 aromatic carbocycles. The molecule has 5 heteroatoms. The molecule has 130 valence electrons. The third-order valence-corrected chi connectivity index (χ3v) is 3.86. The molecule has 0 bridgehead atoms. The lowest BCUT2D eigenvalue weighted by molar-refractivity contribution is -0.123. The van der Waals surface area contributed by atoms with Crippen molar-refractivity contribution >= 4 is 23.3 Å². The Balaban J connectivity index is 2.04. The van der Waals surface area contributed by atoms with Crippen molar-refractivity contribution in [3.05, 3.63) is 65.2 Å². The molecule has 0 aliphatic heterocycles. The highest BCUT2D eigenvalue weighted by Crippen LogP contribution is 2.17. The van der Waals surface area contributed by atoms with Crippen LogP contribution in [0.25, 0.3) is 0 Å². The smallest absolute Gasteiger partial charge is 0.240 e. The summed E-state index contributed by atoms with van der Waals surface area (Å²) in [6, 6.07) is 14.6. The Morgan fingerprint density at radius 2 is 1.68 bits per heavy atom. The largest absolute Gasteiger partial charge is 0.350 e. The number of aryl methyl sites for hydroxylation is 1. The van der Waals surface area contributed by atoms with E-state index in [4.69, 9.17) is 0 Å². The predicted octanol–water partition coefficient (Wildman–Crippen LogP) is 2.87. The van der Waals surface area contributed by atoms with Gasteiger partial charge in [0.05, 0.1) is 0 Å². The fourth-order valence-electron chi connectivity index (χ4n) is 2.38. The van der Waals surface area contributed by atoms with E-state index in [1.807, 2.05) is 31.2 Å². The van der Waals surface area contributed by atoms with Crippen molar-refractivity contribution in [2.75, 3.05) is 11.4 Å². The van der Waals surface area contributed by atoms with Crippen molar-refractivity contribution in [2.45, 2.75) is 27.3 Å². The Bertz CT molecular complexity index is 782. The van der Waals surface area contributed by atoms with Gasteiger partial charge in [0, 0.05) is 24.7 Å². The molecule has 0 aliphatic carbocycles. The van der Waals surface area contributed by atoms with Crippen molar-refractivity contribution in [1.29, 1.82) is 0 Å². The predicted molar refractivity (Wildman–Crippen MR) is 97.5 cm³/mol. The summed E-state index contributed by atoms with van der Waals surface area (Å²) in [6.45, 7) is 5.17. The lowest BCUT2D eigenvalue weighted by Gasteiger charge is -2.21. The zero-order chi connectivity index (χ0) is 18.4. The number of hydrogen-bond acceptors (Lipinski definition) is 3. The van der Waals surface area contributed by atoms with Crippen LogP contribution < -0.4 is 10.2 Å². The SMILES string of the molecule is CC(=O)c1cccc(N(CC(=O)NCc2ccc(C)cc2)C(C)=O)c1. The first kappa shape index (κ1) is 18.4. The molecule has 0 aliphatic rings. The highest BCUT2D eigenvalue weighted by Gasteiger charge is 2.16. The fourth-order valence-corrected chi connectivity index (χ4v) is 2.38. The van der Waals surface area contributed by atoms with Crippen LogP contribution in [0.3, 0.4) is 0 Å². The quantitative estimate of drug-likeness (QED) is 0.824. The lowest BCUT2D eigenvalue weighted by Crippen LogP contribution is -2.39. The molecule has 2 amide bonds. The van der Waals surface area contributed by atoms with Gasteiger partial charge in [-0.25, -0.2) is 0 Å². The van der Waals surface area contributed by atoms with Gasteiger partial charge in [-0.1, -0.05) is 42.0 Å². The van der Waals surface area contributed by atoms with Crippen LogP contribution in [-0.4, -0.2) is 24.1 Å². The summed E-state index contributed by atoms with van der Waals surface area (Å²) in [5, 5.41) is 2.81. The van der Waals surface area contributed by atoms with E-state index < -0.39 is 0 Å². The Morgan fingerprint density at radius 1 is 1.00 bits per heavy atom.